The highest BCUT2D eigenvalue weighted by atomic mass is 16.4. The molecule has 0 fully saturated rings. The number of carboxylic acid groups (broad SMARTS) is 1. The summed E-state index contributed by atoms with van der Waals surface area (Å²) < 4.78 is 0. The van der Waals surface area contributed by atoms with Crippen LogP contribution in [0, 0.1) is 5.92 Å². The van der Waals surface area contributed by atoms with Gasteiger partial charge in [-0.3, -0.25) is 4.99 Å². The van der Waals surface area contributed by atoms with E-state index in [1.165, 1.54) is 0 Å². The molecular formula is C19H21NO2. The summed E-state index contributed by atoms with van der Waals surface area (Å²) in [4.78, 5) is 15.5. The fourth-order valence-electron chi connectivity index (χ4n) is 2.28. The third-order valence-electron chi connectivity index (χ3n) is 3.38. The first-order chi connectivity index (χ1) is 10.6. The molecule has 0 aliphatic carbocycles. The molecule has 0 aliphatic rings. The molecule has 22 heavy (non-hydrogen) atoms. The third kappa shape index (κ3) is 4.55. The maximum Gasteiger partial charge on any atom is 0.328 e. The maximum absolute atomic E-state index is 11.2. The van der Waals surface area contributed by atoms with E-state index in [-0.39, 0.29) is 0 Å². The SMILES string of the molecule is CC(C)CC(N=Cc1cccc(-c2ccccc2)c1)C(=O)O. The lowest BCUT2D eigenvalue weighted by Crippen LogP contribution is -2.20. The van der Waals surface area contributed by atoms with Gasteiger partial charge in [-0.25, -0.2) is 4.79 Å². The lowest BCUT2D eigenvalue weighted by Gasteiger charge is -2.10. The molecule has 2 aromatic carbocycles. The Morgan fingerprint density at radius 1 is 1.09 bits per heavy atom. The first-order valence-electron chi connectivity index (χ1n) is 7.47. The molecule has 3 heteroatoms. The fraction of sp³-hybridized carbons (Fsp3) is 0.263. The smallest absolute Gasteiger partial charge is 0.328 e. The lowest BCUT2D eigenvalue weighted by atomic mass is 10.0. The Bertz CT molecular complexity index is 647. The summed E-state index contributed by atoms with van der Waals surface area (Å²) in [5.41, 5.74) is 3.14. The van der Waals surface area contributed by atoms with Crippen molar-refractivity contribution in [1.82, 2.24) is 0 Å². The number of benzene rings is 2. The van der Waals surface area contributed by atoms with Gasteiger partial charge in [-0.2, -0.15) is 0 Å². The van der Waals surface area contributed by atoms with Gasteiger partial charge >= 0.3 is 5.97 Å². The fourth-order valence-corrected chi connectivity index (χ4v) is 2.28. The highest BCUT2D eigenvalue weighted by molar-refractivity contribution is 5.85. The summed E-state index contributed by atoms with van der Waals surface area (Å²) in [5.74, 6) is -0.571. The zero-order valence-electron chi connectivity index (χ0n) is 12.9. The van der Waals surface area contributed by atoms with Gasteiger partial charge in [-0.15, -0.1) is 0 Å². The van der Waals surface area contributed by atoms with Crippen LogP contribution in [0.4, 0.5) is 0 Å². The second kappa shape index (κ2) is 7.55. The van der Waals surface area contributed by atoms with Crippen LogP contribution >= 0.6 is 0 Å². The van der Waals surface area contributed by atoms with Gasteiger partial charge in [0.15, 0.2) is 0 Å². The number of aliphatic imine (C=N–C) groups is 1. The van der Waals surface area contributed by atoms with E-state index in [0.29, 0.717) is 12.3 Å². The Kier molecular flexibility index (Phi) is 5.48. The van der Waals surface area contributed by atoms with Crippen molar-refractivity contribution in [1.29, 1.82) is 0 Å². The van der Waals surface area contributed by atoms with Crippen molar-refractivity contribution >= 4 is 12.2 Å². The molecule has 0 aromatic heterocycles. The van der Waals surface area contributed by atoms with E-state index >= 15 is 0 Å². The molecule has 1 unspecified atom stereocenters. The van der Waals surface area contributed by atoms with Crippen LogP contribution < -0.4 is 0 Å². The lowest BCUT2D eigenvalue weighted by molar-refractivity contribution is -0.138. The predicted octanol–water partition coefficient (Wildman–Crippen LogP) is 4.27. The molecule has 0 aliphatic heterocycles. The number of nitrogens with zero attached hydrogens (tertiary/aromatic N) is 1. The van der Waals surface area contributed by atoms with E-state index in [2.05, 4.69) is 17.1 Å². The van der Waals surface area contributed by atoms with Gasteiger partial charge < -0.3 is 5.11 Å². The summed E-state index contributed by atoms with van der Waals surface area (Å²) >= 11 is 0. The summed E-state index contributed by atoms with van der Waals surface area (Å²) in [6.07, 6.45) is 2.21. The van der Waals surface area contributed by atoms with E-state index in [9.17, 15) is 9.90 Å². The van der Waals surface area contributed by atoms with Gasteiger partial charge in [0.25, 0.3) is 0 Å². The van der Waals surface area contributed by atoms with Gasteiger partial charge in [0.2, 0.25) is 0 Å². The number of hydrogen-bond acceptors (Lipinski definition) is 2. The first kappa shape index (κ1) is 16.0. The Balaban J connectivity index is 2.19. The van der Waals surface area contributed by atoms with Crippen molar-refractivity contribution in [2.24, 2.45) is 10.9 Å². The van der Waals surface area contributed by atoms with Crippen molar-refractivity contribution < 1.29 is 9.90 Å². The van der Waals surface area contributed by atoms with Gasteiger partial charge in [0.05, 0.1) is 0 Å². The maximum atomic E-state index is 11.2. The van der Waals surface area contributed by atoms with Crippen molar-refractivity contribution in [3.63, 3.8) is 0 Å². The minimum absolute atomic E-state index is 0.300. The zero-order chi connectivity index (χ0) is 15.9. The minimum Gasteiger partial charge on any atom is -0.480 e. The Hall–Kier alpha value is -2.42. The highest BCUT2D eigenvalue weighted by Gasteiger charge is 2.16. The van der Waals surface area contributed by atoms with E-state index in [4.69, 9.17) is 0 Å². The second-order valence-electron chi connectivity index (χ2n) is 5.75. The average Bonchev–Trinajstić information content (AvgIpc) is 2.52. The average molecular weight is 295 g/mol. The van der Waals surface area contributed by atoms with Crippen LogP contribution in [0.15, 0.2) is 59.6 Å². The van der Waals surface area contributed by atoms with Crippen molar-refractivity contribution in [3.8, 4) is 11.1 Å². The quantitative estimate of drug-likeness (QED) is 0.809. The molecule has 0 heterocycles. The van der Waals surface area contributed by atoms with E-state index in [1.54, 1.807) is 6.21 Å². The summed E-state index contributed by atoms with van der Waals surface area (Å²) in [6, 6.07) is 17.4. The number of carboxylic acids is 1. The van der Waals surface area contributed by atoms with Crippen molar-refractivity contribution in [2.45, 2.75) is 26.3 Å². The van der Waals surface area contributed by atoms with Crippen LogP contribution in [-0.4, -0.2) is 23.3 Å². The molecule has 1 N–H and O–H groups in total. The van der Waals surface area contributed by atoms with E-state index < -0.39 is 12.0 Å². The molecule has 0 amide bonds. The molecule has 0 saturated heterocycles. The second-order valence-corrected chi connectivity index (χ2v) is 5.75. The third-order valence-corrected chi connectivity index (χ3v) is 3.38. The largest absolute Gasteiger partial charge is 0.480 e. The summed E-state index contributed by atoms with van der Waals surface area (Å²) in [7, 11) is 0. The van der Waals surface area contributed by atoms with Crippen molar-refractivity contribution in [2.75, 3.05) is 0 Å². The van der Waals surface area contributed by atoms with Crippen LogP contribution in [0.5, 0.6) is 0 Å². The standard InChI is InChI=1S/C19H21NO2/c1-14(2)11-18(19(21)22)20-13-15-7-6-10-17(12-15)16-8-4-3-5-9-16/h3-10,12-14,18H,11H2,1-2H3,(H,21,22). The molecule has 0 saturated carbocycles. The molecule has 1 atom stereocenters. The Labute approximate surface area is 131 Å². The van der Waals surface area contributed by atoms with Crippen LogP contribution in [0.1, 0.15) is 25.8 Å². The number of hydrogen-bond donors (Lipinski definition) is 1. The number of carbonyl (C=O) groups is 1. The zero-order valence-corrected chi connectivity index (χ0v) is 12.9. The summed E-state index contributed by atoms with van der Waals surface area (Å²) in [5, 5.41) is 9.22. The van der Waals surface area contributed by atoms with Crippen LogP contribution in [0.3, 0.4) is 0 Å². The highest BCUT2D eigenvalue weighted by Crippen LogP contribution is 2.19. The molecule has 0 radical (unpaired) electrons. The first-order valence-corrected chi connectivity index (χ1v) is 7.47. The number of rotatable bonds is 6. The van der Waals surface area contributed by atoms with E-state index in [1.807, 2.05) is 56.3 Å². The molecule has 0 bridgehead atoms. The normalized spacial score (nSPS) is 12.7. The monoisotopic (exact) mass is 295 g/mol. The molecule has 3 nitrogen and oxygen atoms in total. The van der Waals surface area contributed by atoms with Crippen LogP contribution in [-0.2, 0) is 4.79 Å². The predicted molar refractivity (Wildman–Crippen MR) is 90.4 cm³/mol. The van der Waals surface area contributed by atoms with Crippen molar-refractivity contribution in [3.05, 3.63) is 60.2 Å². The van der Waals surface area contributed by atoms with Gasteiger partial charge in [0.1, 0.15) is 6.04 Å². The van der Waals surface area contributed by atoms with Gasteiger partial charge in [-0.1, -0.05) is 62.4 Å². The van der Waals surface area contributed by atoms with Gasteiger partial charge in [-0.05, 0) is 35.1 Å². The number of aliphatic carboxylic acids is 1. The molecule has 2 rings (SSSR count). The minimum atomic E-state index is -0.871. The molecule has 114 valence electrons. The van der Waals surface area contributed by atoms with E-state index in [0.717, 1.165) is 16.7 Å². The van der Waals surface area contributed by atoms with Crippen LogP contribution in [0.25, 0.3) is 11.1 Å². The molecular weight excluding hydrogens is 274 g/mol. The van der Waals surface area contributed by atoms with Gasteiger partial charge in [0, 0.05) is 6.21 Å². The van der Waals surface area contributed by atoms with Crippen LogP contribution in [0.2, 0.25) is 0 Å². The Morgan fingerprint density at radius 3 is 2.41 bits per heavy atom. The molecule has 0 spiro atoms. The molecule has 2 aromatic rings. The topological polar surface area (TPSA) is 49.7 Å². The Morgan fingerprint density at radius 2 is 1.77 bits per heavy atom. The summed E-state index contributed by atoms with van der Waals surface area (Å²) in [6.45, 7) is 4.00.